The topological polar surface area (TPSA) is 106 Å². The molecule has 1 N–H and O–H groups in total. The predicted octanol–water partition coefficient (Wildman–Crippen LogP) is 2.71. The molecular formula is C20H25N3O5S2. The molecule has 1 saturated heterocycles. The minimum atomic E-state index is -3.87. The molecule has 162 valence electrons. The molecule has 1 aromatic carbocycles. The number of esters is 1. The fraction of sp³-hybridized carbons (Fsp3) is 0.450. The first-order valence-corrected chi connectivity index (χ1v) is 11.9. The minimum Gasteiger partial charge on any atom is -0.454 e. The number of benzene rings is 1. The van der Waals surface area contributed by atoms with Crippen LogP contribution in [0.2, 0.25) is 0 Å². The number of nitrogens with one attached hydrogen (secondary N) is 1. The Balaban J connectivity index is 1.70. The Labute approximate surface area is 180 Å². The molecule has 2 heterocycles. The van der Waals surface area contributed by atoms with Crippen LogP contribution in [0.15, 0.2) is 22.4 Å². The largest absolute Gasteiger partial charge is 0.454 e. The van der Waals surface area contributed by atoms with Crippen molar-refractivity contribution in [3.8, 4) is 0 Å². The summed E-state index contributed by atoms with van der Waals surface area (Å²) in [5, 5.41) is 4.77. The van der Waals surface area contributed by atoms with Crippen LogP contribution in [0.3, 0.4) is 0 Å². The third kappa shape index (κ3) is 4.71. The standard InChI is InChI=1S/C20H25N3O5S2/c1-12-8-13(2)18(14(3)9-12)30(26,27)23-7-5-6-16(23)19(25)28-10-17(24)22-20-21-15(4)11-29-20/h8-9,11,16H,5-7,10H2,1-4H3,(H,21,22,24). The Morgan fingerprint density at radius 1 is 1.23 bits per heavy atom. The van der Waals surface area contributed by atoms with Gasteiger partial charge in [-0.3, -0.25) is 14.9 Å². The van der Waals surface area contributed by atoms with Gasteiger partial charge in [0.2, 0.25) is 10.0 Å². The second-order valence-electron chi connectivity index (χ2n) is 7.45. The molecule has 1 unspecified atom stereocenters. The zero-order valence-electron chi connectivity index (χ0n) is 17.4. The van der Waals surface area contributed by atoms with Gasteiger partial charge in [-0.2, -0.15) is 4.31 Å². The summed E-state index contributed by atoms with van der Waals surface area (Å²) in [5.41, 5.74) is 3.04. The molecule has 1 atom stereocenters. The molecule has 3 rings (SSSR count). The molecule has 2 aromatic rings. The molecular weight excluding hydrogens is 426 g/mol. The second kappa shape index (κ2) is 8.83. The summed E-state index contributed by atoms with van der Waals surface area (Å²) >= 11 is 1.27. The molecule has 30 heavy (non-hydrogen) atoms. The Kier molecular flexibility index (Phi) is 6.59. The lowest BCUT2D eigenvalue weighted by atomic mass is 10.1. The highest BCUT2D eigenvalue weighted by Gasteiger charge is 2.41. The molecule has 0 spiro atoms. The van der Waals surface area contributed by atoms with Crippen molar-refractivity contribution in [3.05, 3.63) is 39.9 Å². The van der Waals surface area contributed by atoms with E-state index in [9.17, 15) is 18.0 Å². The van der Waals surface area contributed by atoms with E-state index in [2.05, 4.69) is 10.3 Å². The van der Waals surface area contributed by atoms with E-state index in [1.54, 1.807) is 26.2 Å². The molecule has 10 heteroatoms. The molecule has 0 saturated carbocycles. The first-order valence-electron chi connectivity index (χ1n) is 9.58. The van der Waals surface area contributed by atoms with Crippen LogP contribution in [0.4, 0.5) is 5.13 Å². The lowest BCUT2D eigenvalue weighted by molar-refractivity contribution is -0.150. The van der Waals surface area contributed by atoms with Crippen molar-refractivity contribution in [1.29, 1.82) is 0 Å². The molecule has 1 aromatic heterocycles. The summed E-state index contributed by atoms with van der Waals surface area (Å²) < 4.78 is 33.0. The number of aryl methyl sites for hydroxylation is 4. The number of carbonyl (C=O) groups is 2. The number of amides is 1. The molecule has 0 aliphatic carbocycles. The third-order valence-electron chi connectivity index (χ3n) is 4.86. The average molecular weight is 452 g/mol. The summed E-state index contributed by atoms with van der Waals surface area (Å²) in [6.07, 6.45) is 0.906. The maximum atomic E-state index is 13.3. The van der Waals surface area contributed by atoms with Gasteiger partial charge in [-0.1, -0.05) is 17.7 Å². The molecule has 1 aliphatic heterocycles. The number of hydrogen-bond acceptors (Lipinski definition) is 7. The van der Waals surface area contributed by atoms with E-state index in [1.807, 2.05) is 19.1 Å². The monoisotopic (exact) mass is 451 g/mol. The normalized spacial score (nSPS) is 17.1. The van der Waals surface area contributed by atoms with Crippen molar-refractivity contribution in [2.24, 2.45) is 0 Å². The lowest BCUT2D eigenvalue weighted by Crippen LogP contribution is -2.42. The van der Waals surface area contributed by atoms with Crippen LogP contribution < -0.4 is 5.32 Å². The molecule has 1 fully saturated rings. The fourth-order valence-electron chi connectivity index (χ4n) is 3.75. The summed E-state index contributed by atoms with van der Waals surface area (Å²) in [4.78, 5) is 28.9. The minimum absolute atomic E-state index is 0.227. The number of aromatic nitrogens is 1. The highest BCUT2D eigenvalue weighted by molar-refractivity contribution is 7.89. The zero-order valence-corrected chi connectivity index (χ0v) is 19.0. The maximum absolute atomic E-state index is 13.3. The highest BCUT2D eigenvalue weighted by Crippen LogP contribution is 2.31. The summed E-state index contributed by atoms with van der Waals surface area (Å²) in [6.45, 7) is 6.95. The van der Waals surface area contributed by atoms with Crippen molar-refractivity contribution in [2.75, 3.05) is 18.5 Å². The van der Waals surface area contributed by atoms with Gasteiger partial charge in [0.25, 0.3) is 5.91 Å². The lowest BCUT2D eigenvalue weighted by Gasteiger charge is -2.24. The SMILES string of the molecule is Cc1cc(C)c(S(=O)(=O)N2CCCC2C(=O)OCC(=O)Nc2nc(C)cs2)c(C)c1. The van der Waals surface area contributed by atoms with Gasteiger partial charge in [-0.15, -0.1) is 11.3 Å². The van der Waals surface area contributed by atoms with Crippen LogP contribution in [0.5, 0.6) is 0 Å². The predicted molar refractivity (Wildman–Crippen MR) is 114 cm³/mol. The number of nitrogens with zero attached hydrogens (tertiary/aromatic N) is 2. The fourth-order valence-corrected chi connectivity index (χ4v) is 6.52. The maximum Gasteiger partial charge on any atom is 0.324 e. The number of ether oxygens (including phenoxy) is 1. The Morgan fingerprint density at radius 2 is 1.90 bits per heavy atom. The van der Waals surface area contributed by atoms with Gasteiger partial charge < -0.3 is 4.74 Å². The number of rotatable bonds is 6. The Morgan fingerprint density at radius 3 is 2.50 bits per heavy atom. The molecule has 0 bridgehead atoms. The van der Waals surface area contributed by atoms with Crippen molar-refractivity contribution >= 4 is 38.4 Å². The van der Waals surface area contributed by atoms with Crippen LogP contribution >= 0.6 is 11.3 Å². The summed E-state index contributed by atoms with van der Waals surface area (Å²) in [7, 11) is -3.87. The van der Waals surface area contributed by atoms with Gasteiger partial charge in [0, 0.05) is 11.9 Å². The summed E-state index contributed by atoms with van der Waals surface area (Å²) in [5.74, 6) is -1.24. The van der Waals surface area contributed by atoms with Crippen molar-refractivity contribution in [2.45, 2.75) is 51.5 Å². The van der Waals surface area contributed by atoms with Crippen molar-refractivity contribution in [3.63, 3.8) is 0 Å². The van der Waals surface area contributed by atoms with Gasteiger partial charge in [0.1, 0.15) is 6.04 Å². The number of hydrogen-bond donors (Lipinski definition) is 1. The molecule has 8 nitrogen and oxygen atoms in total. The average Bonchev–Trinajstić information content (AvgIpc) is 3.28. The van der Waals surface area contributed by atoms with E-state index < -0.39 is 34.5 Å². The summed E-state index contributed by atoms with van der Waals surface area (Å²) in [6, 6.07) is 2.69. The van der Waals surface area contributed by atoms with E-state index in [-0.39, 0.29) is 11.4 Å². The van der Waals surface area contributed by atoms with E-state index >= 15 is 0 Å². The van der Waals surface area contributed by atoms with Gasteiger partial charge in [0.05, 0.1) is 10.6 Å². The van der Waals surface area contributed by atoms with Gasteiger partial charge in [0.15, 0.2) is 11.7 Å². The van der Waals surface area contributed by atoms with E-state index in [0.29, 0.717) is 29.1 Å². The number of carbonyl (C=O) groups excluding carboxylic acids is 2. The van der Waals surface area contributed by atoms with Gasteiger partial charge in [-0.05, 0) is 51.7 Å². The van der Waals surface area contributed by atoms with Crippen LogP contribution in [0, 0.1) is 27.7 Å². The number of anilines is 1. The Bertz CT molecular complexity index is 1050. The van der Waals surface area contributed by atoms with Gasteiger partial charge >= 0.3 is 5.97 Å². The smallest absolute Gasteiger partial charge is 0.324 e. The second-order valence-corrected chi connectivity index (χ2v) is 10.1. The van der Waals surface area contributed by atoms with E-state index in [0.717, 1.165) is 11.3 Å². The Hall–Kier alpha value is -2.30. The van der Waals surface area contributed by atoms with Crippen LogP contribution in [0.1, 0.15) is 35.2 Å². The first-order chi connectivity index (χ1) is 14.1. The van der Waals surface area contributed by atoms with Gasteiger partial charge in [-0.25, -0.2) is 13.4 Å². The number of thiazole rings is 1. The van der Waals surface area contributed by atoms with Crippen LogP contribution in [-0.2, 0) is 24.3 Å². The highest BCUT2D eigenvalue weighted by atomic mass is 32.2. The van der Waals surface area contributed by atoms with E-state index in [4.69, 9.17) is 4.74 Å². The molecule has 1 amide bonds. The van der Waals surface area contributed by atoms with Crippen LogP contribution in [0.25, 0.3) is 0 Å². The zero-order chi connectivity index (χ0) is 22.1. The quantitative estimate of drug-likeness (QED) is 0.677. The molecule has 0 radical (unpaired) electrons. The van der Waals surface area contributed by atoms with E-state index in [1.165, 1.54) is 15.6 Å². The van der Waals surface area contributed by atoms with Crippen LogP contribution in [-0.4, -0.2) is 48.8 Å². The first kappa shape index (κ1) is 22.4. The third-order valence-corrected chi connectivity index (χ3v) is 7.95. The van der Waals surface area contributed by atoms with Crippen molar-refractivity contribution in [1.82, 2.24) is 9.29 Å². The van der Waals surface area contributed by atoms with Crippen molar-refractivity contribution < 1.29 is 22.7 Å². The number of sulfonamides is 1. The molecule has 1 aliphatic rings.